The largest absolute Gasteiger partial charge is 0.373 e. The lowest BCUT2D eigenvalue weighted by Gasteiger charge is -2.41. The molecule has 0 aliphatic carbocycles. The molecule has 1 aromatic heterocycles. The van der Waals surface area contributed by atoms with E-state index in [0.717, 1.165) is 55.7 Å². The Morgan fingerprint density at radius 1 is 1.29 bits per heavy atom. The first-order valence-electron chi connectivity index (χ1n) is 10.1. The van der Waals surface area contributed by atoms with Crippen LogP contribution in [0.3, 0.4) is 0 Å². The summed E-state index contributed by atoms with van der Waals surface area (Å²) < 4.78 is 17.0. The molecule has 2 unspecified atom stereocenters. The molecule has 3 rings (SSSR count). The monoisotopic (exact) mass is 386 g/mol. The average Bonchev–Trinajstić information content (AvgIpc) is 2.90. The van der Waals surface area contributed by atoms with Gasteiger partial charge in [-0.15, -0.1) is 0 Å². The molecule has 1 saturated heterocycles. The predicted octanol–water partition coefficient (Wildman–Crippen LogP) is 3.67. The van der Waals surface area contributed by atoms with E-state index in [-0.39, 0.29) is 11.5 Å². The summed E-state index contributed by atoms with van der Waals surface area (Å²) in [6, 6.07) is 7.46. The zero-order valence-electron chi connectivity index (χ0n) is 17.2. The van der Waals surface area contributed by atoms with Gasteiger partial charge in [-0.1, -0.05) is 24.8 Å². The summed E-state index contributed by atoms with van der Waals surface area (Å²) in [5.74, 6) is 1.17. The van der Waals surface area contributed by atoms with E-state index >= 15 is 0 Å². The van der Waals surface area contributed by atoms with E-state index < -0.39 is 0 Å². The quantitative estimate of drug-likeness (QED) is 0.729. The topological polar surface area (TPSA) is 43.1 Å². The van der Waals surface area contributed by atoms with Crippen LogP contribution >= 0.6 is 0 Å². The van der Waals surface area contributed by atoms with Gasteiger partial charge in [0.25, 0.3) is 0 Å². The molecule has 2 heterocycles. The molecule has 152 valence electrons. The fourth-order valence-corrected chi connectivity index (χ4v) is 4.25. The Hall–Kier alpha value is -2.37. The van der Waals surface area contributed by atoms with Crippen molar-refractivity contribution in [2.75, 3.05) is 6.54 Å². The lowest BCUT2D eigenvalue weighted by atomic mass is 9.85. The summed E-state index contributed by atoms with van der Waals surface area (Å²) in [6.45, 7) is 9.86. The second kappa shape index (κ2) is 8.76. The van der Waals surface area contributed by atoms with Gasteiger partial charge in [-0.2, -0.15) is 5.10 Å². The maximum atomic E-state index is 13.8. The summed E-state index contributed by atoms with van der Waals surface area (Å²) in [5.41, 5.74) is 1.90. The lowest BCUT2D eigenvalue weighted by molar-refractivity contribution is 0.164. The molecule has 0 radical (unpaired) electrons. The van der Waals surface area contributed by atoms with E-state index in [9.17, 15) is 9.18 Å². The van der Waals surface area contributed by atoms with Crippen molar-refractivity contribution in [2.45, 2.75) is 58.5 Å². The van der Waals surface area contributed by atoms with Gasteiger partial charge in [0.15, 0.2) is 0 Å². The molecule has 0 saturated carbocycles. The summed E-state index contributed by atoms with van der Waals surface area (Å²) in [6.07, 6.45) is 4.68. The third-order valence-corrected chi connectivity index (χ3v) is 5.94. The molecule has 28 heavy (non-hydrogen) atoms. The minimum Gasteiger partial charge on any atom is -0.373 e. The van der Waals surface area contributed by atoms with Crippen molar-refractivity contribution in [1.29, 1.82) is 0 Å². The summed E-state index contributed by atoms with van der Waals surface area (Å²) in [7, 11) is 1.75. The van der Waals surface area contributed by atoms with E-state index in [0.29, 0.717) is 18.5 Å². The Morgan fingerprint density at radius 2 is 2.04 bits per heavy atom. The Bertz CT molecular complexity index is 885. The number of hydrogen-bond donors (Lipinski definition) is 0. The number of piperidine rings is 1. The number of likely N-dealkylation sites (tertiary alicyclic amines) is 1. The summed E-state index contributed by atoms with van der Waals surface area (Å²) in [4.78, 5) is 14.4. The number of halogens is 1. The number of aromatic nitrogens is 3. The molecule has 5 nitrogen and oxygen atoms in total. The molecular weight excluding hydrogens is 355 g/mol. The molecule has 1 aliphatic heterocycles. The number of benzene rings is 1. The SMILES string of the molecule is C=C1CC(CCc2ccccc2F)CC(C)N1CCCn1nc(C)n(C)c1=O. The molecule has 1 aliphatic rings. The molecule has 2 aromatic rings. The highest BCUT2D eigenvalue weighted by molar-refractivity contribution is 5.17. The van der Waals surface area contributed by atoms with E-state index in [1.54, 1.807) is 22.4 Å². The van der Waals surface area contributed by atoms with Crippen molar-refractivity contribution >= 4 is 0 Å². The van der Waals surface area contributed by atoms with Gasteiger partial charge < -0.3 is 4.90 Å². The molecule has 2 atom stereocenters. The van der Waals surface area contributed by atoms with Crippen molar-refractivity contribution in [3.05, 3.63) is 64.2 Å². The van der Waals surface area contributed by atoms with Gasteiger partial charge in [0.05, 0.1) is 0 Å². The highest BCUT2D eigenvalue weighted by atomic mass is 19.1. The first kappa shape index (κ1) is 20.4. The normalized spacial score (nSPS) is 20.0. The lowest BCUT2D eigenvalue weighted by Crippen LogP contribution is -2.40. The van der Waals surface area contributed by atoms with Crippen LogP contribution in [0, 0.1) is 18.7 Å². The Balaban J connectivity index is 1.49. The average molecular weight is 387 g/mol. The van der Waals surface area contributed by atoms with Crippen molar-refractivity contribution < 1.29 is 4.39 Å². The maximum absolute atomic E-state index is 13.8. The minimum atomic E-state index is -0.105. The van der Waals surface area contributed by atoms with Gasteiger partial charge in [-0.05, 0) is 63.5 Å². The Labute approximate surface area is 166 Å². The van der Waals surface area contributed by atoms with Crippen molar-refractivity contribution in [1.82, 2.24) is 19.2 Å². The van der Waals surface area contributed by atoms with Crippen molar-refractivity contribution in [3.8, 4) is 0 Å². The van der Waals surface area contributed by atoms with Crippen LogP contribution in [0.15, 0.2) is 41.3 Å². The fraction of sp³-hybridized carbons (Fsp3) is 0.545. The van der Waals surface area contributed by atoms with Crippen LogP contribution in [0.5, 0.6) is 0 Å². The third-order valence-electron chi connectivity index (χ3n) is 5.94. The van der Waals surface area contributed by atoms with E-state index in [4.69, 9.17) is 0 Å². The van der Waals surface area contributed by atoms with Gasteiger partial charge in [-0.25, -0.2) is 13.9 Å². The van der Waals surface area contributed by atoms with Crippen LogP contribution in [0.4, 0.5) is 4.39 Å². The van der Waals surface area contributed by atoms with E-state index in [1.165, 1.54) is 6.07 Å². The van der Waals surface area contributed by atoms with Crippen LogP contribution in [-0.2, 0) is 20.0 Å². The number of aryl methyl sites for hydroxylation is 3. The maximum Gasteiger partial charge on any atom is 0.345 e. The van der Waals surface area contributed by atoms with Crippen molar-refractivity contribution in [3.63, 3.8) is 0 Å². The molecule has 0 bridgehead atoms. The fourth-order valence-electron chi connectivity index (χ4n) is 4.25. The minimum absolute atomic E-state index is 0.0590. The zero-order valence-corrected chi connectivity index (χ0v) is 17.2. The van der Waals surface area contributed by atoms with Crippen LogP contribution in [0.25, 0.3) is 0 Å². The highest BCUT2D eigenvalue weighted by Crippen LogP contribution is 2.32. The molecule has 1 aromatic carbocycles. The predicted molar refractivity (Wildman–Crippen MR) is 110 cm³/mol. The first-order valence-corrected chi connectivity index (χ1v) is 10.1. The van der Waals surface area contributed by atoms with Gasteiger partial charge in [0.1, 0.15) is 11.6 Å². The van der Waals surface area contributed by atoms with Crippen LogP contribution in [0.1, 0.15) is 44.0 Å². The zero-order chi connectivity index (χ0) is 20.3. The molecule has 6 heteroatoms. The molecule has 0 spiro atoms. The number of nitrogens with zero attached hydrogens (tertiary/aromatic N) is 4. The molecular formula is C22H31FN4O. The number of allylic oxidation sites excluding steroid dienone is 1. The second-order valence-electron chi connectivity index (χ2n) is 8.01. The van der Waals surface area contributed by atoms with Gasteiger partial charge in [-0.3, -0.25) is 4.57 Å². The highest BCUT2D eigenvalue weighted by Gasteiger charge is 2.27. The second-order valence-corrected chi connectivity index (χ2v) is 8.01. The molecule has 1 fully saturated rings. The Kier molecular flexibility index (Phi) is 6.37. The summed E-state index contributed by atoms with van der Waals surface area (Å²) >= 11 is 0. The van der Waals surface area contributed by atoms with E-state index in [1.807, 2.05) is 19.1 Å². The first-order chi connectivity index (χ1) is 13.4. The smallest absolute Gasteiger partial charge is 0.345 e. The van der Waals surface area contributed by atoms with Crippen LogP contribution in [0.2, 0.25) is 0 Å². The summed E-state index contributed by atoms with van der Waals surface area (Å²) in [5, 5.41) is 4.30. The number of rotatable bonds is 7. The van der Waals surface area contributed by atoms with Gasteiger partial charge in [0, 0.05) is 31.9 Å². The van der Waals surface area contributed by atoms with Crippen molar-refractivity contribution in [2.24, 2.45) is 13.0 Å². The van der Waals surface area contributed by atoms with Crippen LogP contribution < -0.4 is 5.69 Å². The number of hydrogen-bond acceptors (Lipinski definition) is 3. The van der Waals surface area contributed by atoms with Crippen LogP contribution in [-0.4, -0.2) is 31.8 Å². The molecule has 0 amide bonds. The standard InChI is InChI=1S/C22H31FN4O/c1-16-14-19(10-11-20-8-5-6-9-21(20)23)15-17(2)26(16)12-7-13-27-22(28)25(4)18(3)24-27/h5-6,8-9,17,19H,1,7,10-15H2,2-4H3. The van der Waals surface area contributed by atoms with E-state index in [2.05, 4.69) is 23.5 Å². The third kappa shape index (κ3) is 4.54. The van der Waals surface area contributed by atoms with Gasteiger partial charge >= 0.3 is 5.69 Å². The van der Waals surface area contributed by atoms with Gasteiger partial charge in [0.2, 0.25) is 0 Å². The Morgan fingerprint density at radius 3 is 2.68 bits per heavy atom. The molecule has 0 N–H and O–H groups in total.